The van der Waals surface area contributed by atoms with E-state index in [0.29, 0.717) is 0 Å². The number of carbonyl (C=O) groups excluding carboxylic acids is 2. The van der Waals surface area contributed by atoms with Gasteiger partial charge in [-0.25, -0.2) is 0 Å². The van der Waals surface area contributed by atoms with Crippen molar-refractivity contribution in [2.75, 3.05) is 0 Å². The van der Waals surface area contributed by atoms with Crippen molar-refractivity contribution in [2.45, 2.75) is 12.8 Å². The Morgan fingerprint density at radius 2 is 2.00 bits per heavy atom. The highest BCUT2D eigenvalue weighted by Crippen LogP contribution is 1.96. The minimum atomic E-state index is -0.790. The molecule has 5 heteroatoms. The molecule has 0 aromatic rings. The second-order valence-electron chi connectivity index (χ2n) is 2.10. The first-order valence-corrected chi connectivity index (χ1v) is 3.26. The fraction of sp³-hybridized carbons (Fsp3) is 0.286. The Balaban J connectivity index is 4.07. The van der Waals surface area contributed by atoms with Gasteiger partial charge in [0.25, 0.3) is 5.91 Å². The van der Waals surface area contributed by atoms with Crippen molar-refractivity contribution in [2.24, 2.45) is 11.5 Å². The molecule has 0 saturated heterocycles. The summed E-state index contributed by atoms with van der Waals surface area (Å²) in [4.78, 5) is 20.7. The van der Waals surface area contributed by atoms with E-state index in [0.717, 1.165) is 0 Å². The molecule has 0 aromatic heterocycles. The summed E-state index contributed by atoms with van der Waals surface area (Å²) in [6.45, 7) is 0. The summed E-state index contributed by atoms with van der Waals surface area (Å²) in [6, 6.07) is 1.61. The fourth-order valence-corrected chi connectivity index (χ4v) is 0.560. The number of primary amides is 2. The summed E-state index contributed by atoms with van der Waals surface area (Å²) in [5.74, 6) is -1.27. The van der Waals surface area contributed by atoms with Crippen LogP contribution < -0.4 is 11.5 Å². The summed E-state index contributed by atoms with van der Waals surface area (Å²) >= 11 is 0. The van der Waals surface area contributed by atoms with Gasteiger partial charge in [0, 0.05) is 6.42 Å². The number of carbonyl (C=O) groups is 2. The Morgan fingerprint density at radius 1 is 1.42 bits per heavy atom. The Bertz CT molecular complexity index is 262. The van der Waals surface area contributed by atoms with Gasteiger partial charge in [0.15, 0.2) is 0 Å². The molecule has 0 rings (SSSR count). The minimum absolute atomic E-state index is 0.110. The summed E-state index contributed by atoms with van der Waals surface area (Å²) in [6.07, 6.45) is 1.67. The van der Waals surface area contributed by atoms with E-state index in [2.05, 4.69) is 0 Å². The van der Waals surface area contributed by atoms with Crippen molar-refractivity contribution in [3.63, 3.8) is 0 Å². The van der Waals surface area contributed by atoms with Crippen molar-refractivity contribution in [3.8, 4) is 6.07 Å². The molecule has 0 aliphatic heterocycles. The maximum Gasteiger partial charge on any atom is 0.259 e. The molecule has 64 valence electrons. The maximum atomic E-state index is 10.4. The van der Waals surface area contributed by atoms with E-state index >= 15 is 0 Å². The van der Waals surface area contributed by atoms with Gasteiger partial charge in [-0.2, -0.15) is 5.26 Å². The normalized spacial score (nSPS) is 10.4. The number of allylic oxidation sites excluding steroid dienone is 1. The first kappa shape index (κ1) is 10.2. The number of nitriles is 1. The molecule has 0 radical (unpaired) electrons. The van der Waals surface area contributed by atoms with Crippen molar-refractivity contribution in [1.29, 1.82) is 5.26 Å². The number of amides is 2. The van der Waals surface area contributed by atoms with Crippen molar-refractivity contribution in [1.82, 2.24) is 0 Å². The van der Waals surface area contributed by atoms with Crippen molar-refractivity contribution >= 4 is 11.8 Å². The molecule has 5 nitrogen and oxygen atoms in total. The lowest BCUT2D eigenvalue weighted by molar-refractivity contribution is -0.118. The van der Waals surface area contributed by atoms with Crippen molar-refractivity contribution < 1.29 is 9.59 Å². The SMILES string of the molecule is N#CC(=CCCC(N)=O)C(N)=O. The van der Waals surface area contributed by atoms with Gasteiger partial charge >= 0.3 is 0 Å². The lowest BCUT2D eigenvalue weighted by atomic mass is 10.2. The van der Waals surface area contributed by atoms with Crippen LogP contribution in [0, 0.1) is 11.3 Å². The largest absolute Gasteiger partial charge is 0.370 e. The lowest BCUT2D eigenvalue weighted by Crippen LogP contribution is -2.13. The second-order valence-corrected chi connectivity index (χ2v) is 2.10. The lowest BCUT2D eigenvalue weighted by Gasteiger charge is -1.90. The molecule has 0 unspecified atom stereocenters. The molecule has 0 atom stereocenters. The van der Waals surface area contributed by atoms with Crippen LogP contribution in [0.3, 0.4) is 0 Å². The number of nitrogens with two attached hydrogens (primary N) is 2. The van der Waals surface area contributed by atoms with Crippen LogP contribution in [0.2, 0.25) is 0 Å². The highest BCUT2D eigenvalue weighted by molar-refractivity contribution is 5.95. The average molecular weight is 167 g/mol. The van der Waals surface area contributed by atoms with Crippen LogP contribution in [-0.2, 0) is 9.59 Å². The van der Waals surface area contributed by atoms with E-state index in [1.807, 2.05) is 0 Å². The summed E-state index contributed by atoms with van der Waals surface area (Å²) in [5, 5.41) is 8.33. The topological polar surface area (TPSA) is 110 Å². The zero-order chi connectivity index (χ0) is 9.56. The van der Waals surface area contributed by atoms with Gasteiger partial charge in [-0.1, -0.05) is 6.08 Å². The number of nitrogens with zero attached hydrogens (tertiary/aromatic N) is 1. The van der Waals surface area contributed by atoms with E-state index in [-0.39, 0.29) is 18.4 Å². The highest BCUT2D eigenvalue weighted by atomic mass is 16.1. The van der Waals surface area contributed by atoms with Crippen LogP contribution in [0.15, 0.2) is 11.6 Å². The average Bonchev–Trinajstić information content (AvgIpc) is 1.96. The van der Waals surface area contributed by atoms with Crippen LogP contribution >= 0.6 is 0 Å². The minimum Gasteiger partial charge on any atom is -0.370 e. The molecular weight excluding hydrogens is 158 g/mol. The zero-order valence-corrected chi connectivity index (χ0v) is 6.41. The summed E-state index contributed by atoms with van der Waals surface area (Å²) in [5.41, 5.74) is 9.50. The molecule has 0 bridgehead atoms. The van der Waals surface area contributed by atoms with E-state index in [4.69, 9.17) is 16.7 Å². The van der Waals surface area contributed by atoms with E-state index in [1.165, 1.54) is 6.08 Å². The molecule has 0 aromatic carbocycles. The van der Waals surface area contributed by atoms with Gasteiger partial charge in [-0.05, 0) is 6.42 Å². The van der Waals surface area contributed by atoms with E-state index < -0.39 is 11.8 Å². The van der Waals surface area contributed by atoms with Crippen LogP contribution in [0.1, 0.15) is 12.8 Å². The molecule has 0 heterocycles. The van der Waals surface area contributed by atoms with Crippen LogP contribution in [0.25, 0.3) is 0 Å². The fourth-order valence-electron chi connectivity index (χ4n) is 0.560. The maximum absolute atomic E-state index is 10.4. The molecular formula is C7H9N3O2. The highest BCUT2D eigenvalue weighted by Gasteiger charge is 2.01. The van der Waals surface area contributed by atoms with Gasteiger partial charge in [-0.15, -0.1) is 0 Å². The molecule has 4 N–H and O–H groups in total. The molecule has 0 spiro atoms. The number of hydrogen-bond donors (Lipinski definition) is 2. The zero-order valence-electron chi connectivity index (χ0n) is 6.41. The molecule has 0 saturated carbocycles. The Kier molecular flexibility index (Phi) is 4.16. The van der Waals surface area contributed by atoms with Gasteiger partial charge < -0.3 is 11.5 Å². The number of hydrogen-bond acceptors (Lipinski definition) is 3. The third kappa shape index (κ3) is 4.06. The van der Waals surface area contributed by atoms with Gasteiger partial charge in [0.05, 0.1) is 0 Å². The monoisotopic (exact) mass is 167 g/mol. The van der Waals surface area contributed by atoms with E-state index in [1.54, 1.807) is 6.07 Å². The summed E-state index contributed by atoms with van der Waals surface area (Å²) in [7, 11) is 0. The second kappa shape index (κ2) is 4.91. The van der Waals surface area contributed by atoms with E-state index in [9.17, 15) is 9.59 Å². The first-order valence-electron chi connectivity index (χ1n) is 3.26. The van der Waals surface area contributed by atoms with Gasteiger partial charge in [-0.3, -0.25) is 9.59 Å². The summed E-state index contributed by atoms with van der Waals surface area (Å²) < 4.78 is 0. The Hall–Kier alpha value is -1.83. The molecule has 12 heavy (non-hydrogen) atoms. The number of rotatable bonds is 4. The smallest absolute Gasteiger partial charge is 0.259 e. The Morgan fingerprint density at radius 3 is 2.33 bits per heavy atom. The van der Waals surface area contributed by atoms with Crippen LogP contribution in [0.4, 0.5) is 0 Å². The predicted octanol–water partition coefficient (Wildman–Crippen LogP) is -0.813. The third-order valence-electron chi connectivity index (χ3n) is 1.13. The van der Waals surface area contributed by atoms with Gasteiger partial charge in [0.2, 0.25) is 5.91 Å². The van der Waals surface area contributed by atoms with Crippen molar-refractivity contribution in [3.05, 3.63) is 11.6 Å². The molecule has 0 aliphatic carbocycles. The standard InChI is InChI=1S/C7H9N3O2/c8-4-5(7(10)12)2-1-3-6(9)11/h2H,1,3H2,(H2,9,11)(H2,10,12). The quantitative estimate of drug-likeness (QED) is 0.421. The first-order chi connectivity index (χ1) is 5.57. The molecule has 0 fully saturated rings. The van der Waals surface area contributed by atoms with Gasteiger partial charge in [0.1, 0.15) is 11.6 Å². The van der Waals surface area contributed by atoms with Crippen LogP contribution in [-0.4, -0.2) is 11.8 Å². The predicted molar refractivity (Wildman–Crippen MR) is 41.3 cm³/mol. The Labute approximate surface area is 69.6 Å². The molecule has 2 amide bonds. The third-order valence-corrected chi connectivity index (χ3v) is 1.13. The molecule has 0 aliphatic rings. The van der Waals surface area contributed by atoms with Crippen LogP contribution in [0.5, 0.6) is 0 Å².